The summed E-state index contributed by atoms with van der Waals surface area (Å²) in [5, 5.41) is 9.79. The van der Waals surface area contributed by atoms with E-state index in [4.69, 9.17) is 5.73 Å². The quantitative estimate of drug-likeness (QED) is 0.790. The van der Waals surface area contributed by atoms with Crippen LogP contribution in [0.25, 0.3) is 0 Å². The molecule has 1 saturated carbocycles. The molecule has 0 spiro atoms. The van der Waals surface area contributed by atoms with Crippen LogP contribution in [0.3, 0.4) is 0 Å². The van der Waals surface area contributed by atoms with Crippen molar-refractivity contribution in [3.63, 3.8) is 0 Å². The number of rotatable bonds is 2. The molecule has 0 bridgehead atoms. The third-order valence-electron chi connectivity index (χ3n) is 5.42. The lowest BCUT2D eigenvalue weighted by molar-refractivity contribution is -0.141. The summed E-state index contributed by atoms with van der Waals surface area (Å²) >= 11 is 0. The second kappa shape index (κ2) is 3.28. The Morgan fingerprint density at radius 1 is 1.17 bits per heavy atom. The van der Waals surface area contributed by atoms with Crippen molar-refractivity contribution in [2.24, 2.45) is 10.8 Å². The molecule has 0 saturated heterocycles. The van der Waals surface area contributed by atoms with E-state index in [0.717, 1.165) is 11.1 Å². The molecular weight excluding hydrogens is 226 g/mol. The molecule has 98 valence electrons. The number of carboxylic acids is 1. The number of para-hydroxylation sites is 1. The molecule has 0 radical (unpaired) electrons. The molecule has 0 heterocycles. The van der Waals surface area contributed by atoms with Gasteiger partial charge in [-0.3, -0.25) is 4.79 Å². The van der Waals surface area contributed by atoms with E-state index in [2.05, 4.69) is 0 Å². The Balaban J connectivity index is 2.75. The van der Waals surface area contributed by atoms with E-state index < -0.39 is 11.4 Å². The Kier molecular flexibility index (Phi) is 2.36. The summed E-state index contributed by atoms with van der Waals surface area (Å²) in [6.45, 7) is 9.92. The van der Waals surface area contributed by atoms with Crippen LogP contribution >= 0.6 is 0 Å². The summed E-state index contributed by atoms with van der Waals surface area (Å²) in [4.78, 5) is 11.9. The maximum absolute atomic E-state index is 11.9. The number of hydrogen-bond acceptors (Lipinski definition) is 2. The number of benzene rings is 1. The van der Waals surface area contributed by atoms with Gasteiger partial charge in [-0.1, -0.05) is 45.9 Å². The van der Waals surface area contributed by atoms with Crippen LogP contribution in [0.15, 0.2) is 18.2 Å². The van der Waals surface area contributed by atoms with Gasteiger partial charge in [0.1, 0.15) is 5.41 Å². The van der Waals surface area contributed by atoms with Gasteiger partial charge in [-0.05, 0) is 28.9 Å². The molecule has 0 aliphatic heterocycles. The van der Waals surface area contributed by atoms with Gasteiger partial charge in [0.2, 0.25) is 0 Å². The molecule has 1 aromatic rings. The van der Waals surface area contributed by atoms with Gasteiger partial charge in [-0.2, -0.15) is 0 Å². The van der Waals surface area contributed by atoms with Crippen LogP contribution in [0, 0.1) is 17.8 Å². The molecule has 3 nitrogen and oxygen atoms in total. The van der Waals surface area contributed by atoms with Crippen molar-refractivity contribution in [2.75, 3.05) is 5.73 Å². The first-order valence-electron chi connectivity index (χ1n) is 6.21. The normalized spacial score (nSPS) is 22.5. The fraction of sp³-hybridized carbons (Fsp3) is 0.533. The van der Waals surface area contributed by atoms with Gasteiger partial charge in [-0.25, -0.2) is 0 Å². The summed E-state index contributed by atoms with van der Waals surface area (Å²) in [6.07, 6.45) is 0. The monoisotopic (exact) mass is 247 g/mol. The van der Waals surface area contributed by atoms with Gasteiger partial charge in [0.25, 0.3) is 0 Å². The average Bonchev–Trinajstić information content (AvgIpc) is 2.59. The molecule has 0 amide bonds. The maximum Gasteiger partial charge on any atom is 0.315 e. The van der Waals surface area contributed by atoms with Crippen molar-refractivity contribution < 1.29 is 9.90 Å². The summed E-state index contributed by atoms with van der Waals surface area (Å²) in [5.74, 6) is -0.783. The van der Waals surface area contributed by atoms with Crippen LogP contribution in [0.2, 0.25) is 0 Å². The molecular formula is C15H21NO2. The van der Waals surface area contributed by atoms with Crippen LogP contribution in [-0.2, 0) is 10.2 Å². The van der Waals surface area contributed by atoms with E-state index in [1.165, 1.54) is 0 Å². The minimum atomic E-state index is -0.893. The Morgan fingerprint density at radius 2 is 1.67 bits per heavy atom. The zero-order valence-electron chi connectivity index (χ0n) is 11.7. The number of carboxylic acid groups (broad SMARTS) is 1. The summed E-state index contributed by atoms with van der Waals surface area (Å²) in [6, 6.07) is 5.65. The SMILES string of the molecule is Cc1cccc(C2(C(=O)O)C(C)(C)C2(C)C)c1N. The molecule has 18 heavy (non-hydrogen) atoms. The molecule has 1 aliphatic carbocycles. The molecule has 0 unspecified atom stereocenters. The highest BCUT2D eigenvalue weighted by Gasteiger charge is 2.82. The van der Waals surface area contributed by atoms with Crippen LogP contribution in [-0.4, -0.2) is 11.1 Å². The lowest BCUT2D eigenvalue weighted by Gasteiger charge is -2.20. The highest BCUT2D eigenvalue weighted by atomic mass is 16.4. The van der Waals surface area contributed by atoms with Crippen LogP contribution in [0.4, 0.5) is 5.69 Å². The van der Waals surface area contributed by atoms with Crippen LogP contribution < -0.4 is 5.73 Å². The maximum atomic E-state index is 11.9. The smallest absolute Gasteiger partial charge is 0.315 e. The van der Waals surface area contributed by atoms with Crippen LogP contribution in [0.5, 0.6) is 0 Å². The number of carbonyl (C=O) groups is 1. The highest BCUT2D eigenvalue weighted by Crippen LogP contribution is 2.78. The molecule has 1 aromatic carbocycles. The van der Waals surface area contributed by atoms with Crippen molar-refractivity contribution in [1.29, 1.82) is 0 Å². The Labute approximate surface area is 108 Å². The van der Waals surface area contributed by atoms with Gasteiger partial charge in [0.05, 0.1) is 0 Å². The van der Waals surface area contributed by atoms with E-state index in [-0.39, 0.29) is 10.8 Å². The molecule has 1 fully saturated rings. The van der Waals surface area contributed by atoms with Crippen molar-refractivity contribution in [3.05, 3.63) is 29.3 Å². The Morgan fingerprint density at radius 3 is 2.06 bits per heavy atom. The summed E-state index contributed by atoms with van der Waals surface area (Å²) in [5.41, 5.74) is 6.91. The first kappa shape index (κ1) is 12.9. The molecule has 0 atom stereocenters. The topological polar surface area (TPSA) is 63.3 Å². The molecule has 1 aliphatic rings. The third-order valence-corrected chi connectivity index (χ3v) is 5.42. The largest absolute Gasteiger partial charge is 0.481 e. The number of nitrogens with two attached hydrogens (primary N) is 1. The number of anilines is 1. The molecule has 0 aromatic heterocycles. The van der Waals surface area contributed by atoms with Crippen molar-refractivity contribution in [2.45, 2.75) is 40.0 Å². The number of aliphatic carboxylic acids is 1. The van der Waals surface area contributed by atoms with Crippen molar-refractivity contribution in [1.82, 2.24) is 0 Å². The summed E-state index contributed by atoms with van der Waals surface area (Å²) in [7, 11) is 0. The Hall–Kier alpha value is -1.51. The fourth-order valence-electron chi connectivity index (χ4n) is 3.64. The Bertz CT molecular complexity index is 515. The van der Waals surface area contributed by atoms with E-state index in [1.807, 2.05) is 52.8 Å². The van der Waals surface area contributed by atoms with E-state index in [0.29, 0.717) is 5.69 Å². The van der Waals surface area contributed by atoms with E-state index in [9.17, 15) is 9.90 Å². The summed E-state index contributed by atoms with van der Waals surface area (Å²) < 4.78 is 0. The van der Waals surface area contributed by atoms with Crippen LogP contribution in [0.1, 0.15) is 38.8 Å². The predicted molar refractivity (Wildman–Crippen MR) is 72.5 cm³/mol. The molecule has 2 rings (SSSR count). The van der Waals surface area contributed by atoms with E-state index >= 15 is 0 Å². The number of hydrogen-bond donors (Lipinski definition) is 2. The van der Waals surface area contributed by atoms with E-state index in [1.54, 1.807) is 0 Å². The zero-order valence-corrected chi connectivity index (χ0v) is 11.7. The number of aryl methyl sites for hydroxylation is 1. The second-order valence-corrected chi connectivity index (χ2v) is 6.34. The van der Waals surface area contributed by atoms with Gasteiger partial charge >= 0.3 is 5.97 Å². The van der Waals surface area contributed by atoms with Crippen molar-refractivity contribution in [3.8, 4) is 0 Å². The number of nitrogen functional groups attached to an aromatic ring is 1. The first-order chi connectivity index (χ1) is 8.12. The standard InChI is InChI=1S/C15H21NO2/c1-9-7-6-8-10(11(9)16)15(12(17)18)13(2,3)14(15,4)5/h6-8H,16H2,1-5H3,(H,17,18). The lowest BCUT2D eigenvalue weighted by Crippen LogP contribution is -2.29. The van der Waals surface area contributed by atoms with Gasteiger partial charge in [-0.15, -0.1) is 0 Å². The van der Waals surface area contributed by atoms with Gasteiger partial charge in [0.15, 0.2) is 0 Å². The first-order valence-corrected chi connectivity index (χ1v) is 6.21. The second-order valence-electron chi connectivity index (χ2n) is 6.34. The highest BCUT2D eigenvalue weighted by molar-refractivity contribution is 5.92. The minimum Gasteiger partial charge on any atom is -0.481 e. The fourth-order valence-corrected chi connectivity index (χ4v) is 3.64. The average molecular weight is 247 g/mol. The molecule has 3 N–H and O–H groups in total. The lowest BCUT2D eigenvalue weighted by atomic mass is 9.84. The minimum absolute atomic E-state index is 0.312. The zero-order chi connectivity index (χ0) is 13.9. The predicted octanol–water partition coefficient (Wildman–Crippen LogP) is 2.97. The van der Waals surface area contributed by atoms with Gasteiger partial charge < -0.3 is 10.8 Å². The van der Waals surface area contributed by atoms with Gasteiger partial charge in [0, 0.05) is 5.69 Å². The van der Waals surface area contributed by atoms with Crippen molar-refractivity contribution >= 4 is 11.7 Å². The molecule has 3 heteroatoms. The third kappa shape index (κ3) is 1.08.